The predicted molar refractivity (Wildman–Crippen MR) is 49.3 cm³/mol. The van der Waals surface area contributed by atoms with E-state index in [1.807, 2.05) is 6.92 Å². The fraction of sp³-hybridized carbons (Fsp3) is 0.857. The average Bonchev–Trinajstić information content (AvgIpc) is 2.04. The molecule has 13 heavy (non-hydrogen) atoms. The second-order valence-electron chi connectivity index (χ2n) is 2.81. The van der Waals surface area contributed by atoms with Gasteiger partial charge in [-0.05, 0) is 6.42 Å². The minimum atomic E-state index is -3.84. The molecule has 0 aromatic heterocycles. The molecule has 0 aliphatic rings. The highest BCUT2D eigenvalue weighted by molar-refractivity contribution is 7.54. The molecule has 0 saturated carbocycles. The molecule has 0 heterocycles. The first-order valence-corrected chi connectivity index (χ1v) is 5.78. The van der Waals surface area contributed by atoms with Crippen LogP contribution in [0.2, 0.25) is 0 Å². The van der Waals surface area contributed by atoms with E-state index in [1.54, 1.807) is 0 Å². The zero-order valence-corrected chi connectivity index (χ0v) is 8.79. The topological polar surface area (TPSA) is 89.6 Å². The summed E-state index contributed by atoms with van der Waals surface area (Å²) in [6, 6.07) is 0. The summed E-state index contributed by atoms with van der Waals surface area (Å²) in [6.45, 7) is 1.92. The summed E-state index contributed by atoms with van der Waals surface area (Å²) in [5, 5.41) is 0. The molecular formula is C7H16NO4P. The van der Waals surface area contributed by atoms with Gasteiger partial charge in [-0.2, -0.15) is 0 Å². The van der Waals surface area contributed by atoms with Gasteiger partial charge in [0.2, 0.25) is 5.91 Å². The molecule has 78 valence electrons. The summed E-state index contributed by atoms with van der Waals surface area (Å²) in [5.74, 6) is -0.777. The van der Waals surface area contributed by atoms with Crippen LogP contribution in [0.4, 0.5) is 0 Å². The van der Waals surface area contributed by atoms with Crippen LogP contribution in [0.1, 0.15) is 26.2 Å². The van der Waals surface area contributed by atoms with Crippen molar-refractivity contribution in [3.63, 3.8) is 0 Å². The van der Waals surface area contributed by atoms with Crippen molar-refractivity contribution < 1.29 is 18.8 Å². The fourth-order valence-corrected chi connectivity index (χ4v) is 2.08. The lowest BCUT2D eigenvalue weighted by Gasteiger charge is -2.17. The van der Waals surface area contributed by atoms with E-state index in [-0.39, 0.29) is 0 Å². The highest BCUT2D eigenvalue weighted by Gasteiger charge is 2.35. The lowest BCUT2D eigenvalue weighted by molar-refractivity contribution is -0.118. The fourth-order valence-electron chi connectivity index (χ4n) is 0.991. The molecule has 2 atom stereocenters. The van der Waals surface area contributed by atoms with Crippen LogP contribution in [0.5, 0.6) is 0 Å². The van der Waals surface area contributed by atoms with E-state index < -0.39 is 19.2 Å². The molecule has 0 spiro atoms. The summed E-state index contributed by atoms with van der Waals surface area (Å²) < 4.78 is 15.6. The van der Waals surface area contributed by atoms with E-state index in [9.17, 15) is 14.3 Å². The van der Waals surface area contributed by atoms with Gasteiger partial charge < -0.3 is 15.2 Å². The minimum Gasteiger partial charge on any atom is -0.369 e. The molecule has 0 saturated heterocycles. The van der Waals surface area contributed by atoms with Gasteiger partial charge in [0.15, 0.2) is 0 Å². The number of primary amides is 1. The van der Waals surface area contributed by atoms with Gasteiger partial charge >= 0.3 is 7.60 Å². The standard InChI is InChI=1S/C7H16NO4P/c1-3-4-5-6(7(8)9)13(10,11)12-2/h6H,3-5H2,1-2H3,(H2,8,9)(H,10,11). The molecule has 0 rings (SSSR count). The van der Waals surface area contributed by atoms with Crippen LogP contribution >= 0.6 is 7.60 Å². The van der Waals surface area contributed by atoms with Gasteiger partial charge in [-0.3, -0.25) is 9.36 Å². The number of hydrogen-bond acceptors (Lipinski definition) is 3. The van der Waals surface area contributed by atoms with Crippen molar-refractivity contribution in [3.8, 4) is 0 Å². The molecule has 2 unspecified atom stereocenters. The third-order valence-corrected chi connectivity index (χ3v) is 3.64. The number of nitrogens with two attached hydrogens (primary N) is 1. The smallest absolute Gasteiger partial charge is 0.340 e. The van der Waals surface area contributed by atoms with E-state index in [2.05, 4.69) is 4.52 Å². The van der Waals surface area contributed by atoms with Gasteiger partial charge in [0.1, 0.15) is 5.66 Å². The van der Waals surface area contributed by atoms with Crippen LogP contribution in [0.3, 0.4) is 0 Å². The Balaban J connectivity index is 4.42. The normalized spacial score (nSPS) is 17.8. The number of rotatable bonds is 6. The SMILES string of the molecule is CCCCC(C(N)=O)P(=O)(O)OC. The van der Waals surface area contributed by atoms with Crippen molar-refractivity contribution in [1.29, 1.82) is 0 Å². The summed E-state index contributed by atoms with van der Waals surface area (Å²) in [5.41, 5.74) is 3.92. The highest BCUT2D eigenvalue weighted by Crippen LogP contribution is 2.48. The van der Waals surface area contributed by atoms with Crippen molar-refractivity contribution >= 4 is 13.5 Å². The second-order valence-corrected chi connectivity index (χ2v) is 4.92. The number of hydrogen-bond donors (Lipinski definition) is 2. The van der Waals surface area contributed by atoms with Crippen LogP contribution in [0, 0.1) is 0 Å². The van der Waals surface area contributed by atoms with Crippen molar-refractivity contribution in [2.45, 2.75) is 31.8 Å². The van der Waals surface area contributed by atoms with E-state index in [1.165, 1.54) is 0 Å². The molecule has 0 bridgehead atoms. The minimum absolute atomic E-state index is 0.299. The Morgan fingerprint density at radius 1 is 1.69 bits per heavy atom. The van der Waals surface area contributed by atoms with Gasteiger partial charge in [-0.1, -0.05) is 19.8 Å². The van der Waals surface area contributed by atoms with Gasteiger partial charge in [0.25, 0.3) is 0 Å². The van der Waals surface area contributed by atoms with Gasteiger partial charge in [-0.15, -0.1) is 0 Å². The molecule has 5 nitrogen and oxygen atoms in total. The number of unbranched alkanes of at least 4 members (excludes halogenated alkanes) is 1. The van der Waals surface area contributed by atoms with Crippen LogP contribution in [0.15, 0.2) is 0 Å². The van der Waals surface area contributed by atoms with Gasteiger partial charge in [-0.25, -0.2) is 0 Å². The quantitative estimate of drug-likeness (QED) is 0.635. The third-order valence-electron chi connectivity index (χ3n) is 1.81. The molecule has 6 heteroatoms. The largest absolute Gasteiger partial charge is 0.369 e. The van der Waals surface area contributed by atoms with Crippen molar-refractivity contribution in [2.75, 3.05) is 7.11 Å². The number of amides is 1. The Kier molecular flexibility index (Phi) is 5.21. The van der Waals surface area contributed by atoms with Crippen molar-refractivity contribution in [3.05, 3.63) is 0 Å². The van der Waals surface area contributed by atoms with Crippen LogP contribution < -0.4 is 5.73 Å². The maximum Gasteiger partial charge on any atom is 0.340 e. The Morgan fingerprint density at radius 2 is 2.23 bits per heavy atom. The second kappa shape index (κ2) is 5.37. The lowest BCUT2D eigenvalue weighted by Crippen LogP contribution is -2.29. The third kappa shape index (κ3) is 3.89. The van der Waals surface area contributed by atoms with E-state index in [0.717, 1.165) is 13.5 Å². The Bertz CT molecular complexity index is 219. The maximum absolute atomic E-state index is 11.3. The number of carbonyl (C=O) groups excluding carboxylic acids is 1. The molecule has 0 aromatic rings. The zero-order chi connectivity index (χ0) is 10.5. The number of carbonyl (C=O) groups is 1. The van der Waals surface area contributed by atoms with Crippen LogP contribution in [0.25, 0.3) is 0 Å². The average molecular weight is 209 g/mol. The van der Waals surface area contributed by atoms with Crippen LogP contribution in [-0.2, 0) is 13.9 Å². The molecule has 0 aliphatic heterocycles. The summed E-state index contributed by atoms with van der Waals surface area (Å²) in [7, 11) is -2.74. The van der Waals surface area contributed by atoms with Crippen molar-refractivity contribution in [2.24, 2.45) is 5.73 Å². The summed E-state index contributed by atoms with van der Waals surface area (Å²) in [6.07, 6.45) is 1.82. The van der Waals surface area contributed by atoms with E-state index >= 15 is 0 Å². The molecule has 3 N–H and O–H groups in total. The molecule has 0 aromatic carbocycles. The van der Waals surface area contributed by atoms with E-state index in [4.69, 9.17) is 5.73 Å². The monoisotopic (exact) mass is 209 g/mol. The predicted octanol–water partition coefficient (Wildman–Crippen LogP) is 0.862. The highest BCUT2D eigenvalue weighted by atomic mass is 31.2. The molecule has 1 amide bonds. The Hall–Kier alpha value is -0.380. The molecule has 0 radical (unpaired) electrons. The summed E-state index contributed by atoms with van der Waals surface area (Å²) in [4.78, 5) is 20.0. The molecular weight excluding hydrogens is 193 g/mol. The maximum atomic E-state index is 11.3. The summed E-state index contributed by atoms with van der Waals surface area (Å²) >= 11 is 0. The van der Waals surface area contributed by atoms with Crippen molar-refractivity contribution in [1.82, 2.24) is 0 Å². The van der Waals surface area contributed by atoms with Gasteiger partial charge in [0, 0.05) is 7.11 Å². The lowest BCUT2D eigenvalue weighted by atomic mass is 10.2. The van der Waals surface area contributed by atoms with Crippen LogP contribution in [-0.4, -0.2) is 23.6 Å². The first-order chi connectivity index (χ1) is 5.95. The Morgan fingerprint density at radius 3 is 2.54 bits per heavy atom. The zero-order valence-electron chi connectivity index (χ0n) is 7.90. The molecule has 0 fully saturated rings. The van der Waals surface area contributed by atoms with Gasteiger partial charge in [0.05, 0.1) is 0 Å². The Labute approximate surface area is 77.8 Å². The van der Waals surface area contributed by atoms with E-state index in [0.29, 0.717) is 12.8 Å². The first kappa shape index (κ1) is 12.6. The molecule has 0 aliphatic carbocycles. The first-order valence-electron chi connectivity index (χ1n) is 4.13.